The first kappa shape index (κ1) is 12.3. The summed E-state index contributed by atoms with van der Waals surface area (Å²) < 4.78 is 17.9. The van der Waals surface area contributed by atoms with Gasteiger partial charge in [0.05, 0.1) is 6.04 Å². The number of hydrogen-bond acceptors (Lipinski definition) is 2. The predicted molar refractivity (Wildman–Crippen MR) is 56.5 cm³/mol. The summed E-state index contributed by atoms with van der Waals surface area (Å²) in [5.74, 6) is 0.360. The number of ether oxygens (including phenoxy) is 1. The van der Waals surface area contributed by atoms with Crippen molar-refractivity contribution in [2.24, 2.45) is 5.92 Å². The zero-order chi connectivity index (χ0) is 11.6. The Morgan fingerprint density at radius 3 is 2.60 bits per heavy atom. The van der Waals surface area contributed by atoms with Crippen LogP contribution in [0, 0.1) is 5.92 Å². The molecule has 4 heteroatoms. The average molecular weight is 217 g/mol. The fourth-order valence-corrected chi connectivity index (χ4v) is 1.84. The smallest absolute Gasteiger partial charge is 0.410 e. The lowest BCUT2D eigenvalue weighted by atomic mass is 10.1. The van der Waals surface area contributed by atoms with E-state index < -0.39 is 18.4 Å². The monoisotopic (exact) mass is 217 g/mol. The van der Waals surface area contributed by atoms with Crippen molar-refractivity contribution < 1.29 is 13.9 Å². The van der Waals surface area contributed by atoms with Gasteiger partial charge in [-0.15, -0.1) is 0 Å². The number of alkyl halides is 1. The number of halogens is 1. The van der Waals surface area contributed by atoms with Crippen molar-refractivity contribution in [3.8, 4) is 0 Å². The van der Waals surface area contributed by atoms with Gasteiger partial charge in [-0.3, -0.25) is 0 Å². The molecule has 0 N–H and O–H groups in total. The predicted octanol–water partition coefficient (Wildman–Crippen LogP) is 2.60. The number of hydrogen-bond donors (Lipinski definition) is 0. The fraction of sp³-hybridized carbons (Fsp3) is 0.909. The third-order valence-electron chi connectivity index (χ3n) is 2.43. The van der Waals surface area contributed by atoms with Crippen molar-refractivity contribution >= 4 is 6.09 Å². The van der Waals surface area contributed by atoms with E-state index >= 15 is 0 Å². The summed E-state index contributed by atoms with van der Waals surface area (Å²) in [6.45, 7) is 7.58. The highest BCUT2D eigenvalue weighted by molar-refractivity contribution is 5.69. The van der Waals surface area contributed by atoms with Gasteiger partial charge in [0.25, 0.3) is 0 Å². The summed E-state index contributed by atoms with van der Waals surface area (Å²) in [5, 5.41) is 0. The lowest BCUT2D eigenvalue weighted by Crippen LogP contribution is -2.40. The van der Waals surface area contributed by atoms with Crippen molar-refractivity contribution in [2.75, 3.05) is 13.2 Å². The summed E-state index contributed by atoms with van der Waals surface area (Å²) >= 11 is 0. The van der Waals surface area contributed by atoms with Crippen LogP contribution in [-0.4, -0.2) is 35.9 Å². The quantitative estimate of drug-likeness (QED) is 0.675. The van der Waals surface area contributed by atoms with Gasteiger partial charge in [-0.25, -0.2) is 9.18 Å². The molecule has 0 aromatic rings. The van der Waals surface area contributed by atoms with Crippen LogP contribution < -0.4 is 0 Å². The Balaban J connectivity index is 2.59. The second-order valence-electron chi connectivity index (χ2n) is 5.28. The molecule has 0 aromatic heterocycles. The van der Waals surface area contributed by atoms with Gasteiger partial charge < -0.3 is 9.64 Å². The number of likely N-dealkylation sites (tertiary alicyclic amines) is 1. The van der Waals surface area contributed by atoms with Gasteiger partial charge in [-0.2, -0.15) is 0 Å². The van der Waals surface area contributed by atoms with Gasteiger partial charge in [0.2, 0.25) is 0 Å². The standard InChI is InChI=1S/C11H20FNO2/c1-8-5-9(6-12)13(7-8)10(14)15-11(2,3)4/h8-9H,5-7H2,1-4H3/t8-,9-/m1/s1. The van der Waals surface area contributed by atoms with Crippen LogP contribution in [0.25, 0.3) is 0 Å². The van der Waals surface area contributed by atoms with E-state index in [0.717, 1.165) is 6.42 Å². The highest BCUT2D eigenvalue weighted by atomic mass is 19.1. The van der Waals surface area contributed by atoms with Crippen molar-refractivity contribution in [1.29, 1.82) is 0 Å². The number of carbonyl (C=O) groups excluding carboxylic acids is 1. The van der Waals surface area contributed by atoms with E-state index in [1.807, 2.05) is 27.7 Å². The third-order valence-corrected chi connectivity index (χ3v) is 2.43. The molecule has 1 amide bonds. The van der Waals surface area contributed by atoms with Gasteiger partial charge >= 0.3 is 6.09 Å². The van der Waals surface area contributed by atoms with Gasteiger partial charge in [-0.05, 0) is 33.1 Å². The number of carbonyl (C=O) groups is 1. The van der Waals surface area contributed by atoms with Crippen LogP contribution in [0.2, 0.25) is 0 Å². The Morgan fingerprint density at radius 1 is 1.53 bits per heavy atom. The van der Waals surface area contributed by atoms with Crippen LogP contribution in [0.3, 0.4) is 0 Å². The molecule has 0 unspecified atom stereocenters. The molecule has 0 aliphatic carbocycles. The zero-order valence-electron chi connectivity index (χ0n) is 9.92. The number of rotatable bonds is 1. The highest BCUT2D eigenvalue weighted by Crippen LogP contribution is 2.25. The molecule has 1 saturated heterocycles. The summed E-state index contributed by atoms with van der Waals surface area (Å²) in [6, 6.07) is -0.296. The maximum Gasteiger partial charge on any atom is 0.410 e. The Morgan fingerprint density at radius 2 is 2.13 bits per heavy atom. The van der Waals surface area contributed by atoms with Crippen LogP contribution >= 0.6 is 0 Å². The molecule has 15 heavy (non-hydrogen) atoms. The van der Waals surface area contributed by atoms with E-state index in [1.54, 1.807) is 0 Å². The molecule has 3 nitrogen and oxygen atoms in total. The van der Waals surface area contributed by atoms with Crippen LogP contribution in [-0.2, 0) is 4.74 Å². The van der Waals surface area contributed by atoms with Gasteiger partial charge in [0.1, 0.15) is 12.3 Å². The van der Waals surface area contributed by atoms with Crippen LogP contribution in [0.1, 0.15) is 34.1 Å². The summed E-state index contributed by atoms with van der Waals surface area (Å²) in [6.07, 6.45) is 0.338. The Labute approximate surface area is 90.6 Å². The topological polar surface area (TPSA) is 29.5 Å². The second-order valence-corrected chi connectivity index (χ2v) is 5.28. The molecule has 1 rings (SSSR count). The summed E-state index contributed by atoms with van der Waals surface area (Å²) in [7, 11) is 0. The Kier molecular flexibility index (Phi) is 3.58. The zero-order valence-corrected chi connectivity index (χ0v) is 9.92. The summed E-state index contributed by atoms with van der Waals surface area (Å²) in [4.78, 5) is 13.2. The van der Waals surface area contributed by atoms with Crippen molar-refractivity contribution in [3.05, 3.63) is 0 Å². The minimum absolute atomic E-state index is 0.296. The van der Waals surface area contributed by atoms with Crippen LogP contribution in [0.4, 0.5) is 9.18 Å². The molecule has 1 fully saturated rings. The molecule has 1 aliphatic heterocycles. The lowest BCUT2D eigenvalue weighted by Gasteiger charge is -2.27. The highest BCUT2D eigenvalue weighted by Gasteiger charge is 2.35. The van der Waals surface area contributed by atoms with E-state index in [-0.39, 0.29) is 6.04 Å². The van der Waals surface area contributed by atoms with Crippen LogP contribution in [0.15, 0.2) is 0 Å². The largest absolute Gasteiger partial charge is 0.444 e. The normalized spacial score (nSPS) is 26.9. The molecular weight excluding hydrogens is 197 g/mol. The fourth-order valence-electron chi connectivity index (χ4n) is 1.84. The van der Waals surface area contributed by atoms with Crippen molar-refractivity contribution in [2.45, 2.75) is 45.8 Å². The van der Waals surface area contributed by atoms with Gasteiger partial charge in [-0.1, -0.05) is 6.92 Å². The maximum atomic E-state index is 12.7. The van der Waals surface area contributed by atoms with E-state index in [4.69, 9.17) is 4.74 Å². The minimum atomic E-state index is -0.510. The lowest BCUT2D eigenvalue weighted by molar-refractivity contribution is 0.0204. The first-order chi connectivity index (χ1) is 6.83. The molecule has 0 radical (unpaired) electrons. The van der Waals surface area contributed by atoms with E-state index in [0.29, 0.717) is 12.5 Å². The first-order valence-electron chi connectivity index (χ1n) is 5.39. The van der Waals surface area contributed by atoms with E-state index in [9.17, 15) is 9.18 Å². The SMILES string of the molecule is C[C@@H]1C[C@H](CF)N(C(=O)OC(C)(C)C)C1. The molecule has 2 atom stereocenters. The minimum Gasteiger partial charge on any atom is -0.444 e. The Hall–Kier alpha value is -0.800. The molecule has 0 aromatic carbocycles. The molecule has 0 spiro atoms. The van der Waals surface area contributed by atoms with Gasteiger partial charge in [0.15, 0.2) is 0 Å². The number of nitrogens with zero attached hydrogens (tertiary/aromatic N) is 1. The Bertz CT molecular complexity index is 237. The number of amides is 1. The molecule has 1 aliphatic rings. The molecule has 0 saturated carbocycles. The van der Waals surface area contributed by atoms with Crippen molar-refractivity contribution in [3.63, 3.8) is 0 Å². The van der Waals surface area contributed by atoms with Crippen molar-refractivity contribution in [1.82, 2.24) is 4.90 Å². The molecule has 88 valence electrons. The first-order valence-corrected chi connectivity index (χ1v) is 5.39. The molecule has 0 bridgehead atoms. The second kappa shape index (κ2) is 4.37. The third kappa shape index (κ3) is 3.36. The molecular formula is C11H20FNO2. The van der Waals surface area contributed by atoms with Crippen LogP contribution in [0.5, 0.6) is 0 Å². The summed E-state index contributed by atoms with van der Waals surface area (Å²) in [5.41, 5.74) is -0.510. The molecule has 1 heterocycles. The average Bonchev–Trinajstić information content (AvgIpc) is 2.43. The van der Waals surface area contributed by atoms with E-state index in [1.165, 1.54) is 4.90 Å². The maximum absolute atomic E-state index is 12.7. The van der Waals surface area contributed by atoms with Gasteiger partial charge in [0, 0.05) is 6.54 Å². The van der Waals surface area contributed by atoms with E-state index in [2.05, 4.69) is 0 Å².